The van der Waals surface area contributed by atoms with Gasteiger partial charge in [-0.05, 0) is 48.5 Å². The van der Waals surface area contributed by atoms with Crippen LogP contribution in [0.4, 0.5) is 32.3 Å². The van der Waals surface area contributed by atoms with Gasteiger partial charge < -0.3 is 15.4 Å². The third kappa shape index (κ3) is 7.31. The van der Waals surface area contributed by atoms with Crippen molar-refractivity contribution in [3.8, 4) is 11.5 Å². The van der Waals surface area contributed by atoms with Crippen molar-refractivity contribution in [1.82, 2.24) is 10.6 Å². The highest BCUT2D eigenvalue weighted by atomic mass is 16.6. The smallest absolute Gasteiger partial charge is 0.334 e. The van der Waals surface area contributed by atoms with Crippen molar-refractivity contribution in [3.63, 3.8) is 0 Å². The van der Waals surface area contributed by atoms with Crippen molar-refractivity contribution >= 4 is 46.6 Å². The lowest BCUT2D eigenvalue weighted by atomic mass is 10.2. The van der Waals surface area contributed by atoms with E-state index in [2.05, 4.69) is 10.6 Å². The molecule has 0 saturated heterocycles. The first-order valence-electron chi connectivity index (χ1n) is 12.2. The largest absolute Gasteiger partial charge is 0.443 e. The summed E-state index contributed by atoms with van der Waals surface area (Å²) in [5.74, 6) is -2.52. The monoisotopic (exact) mass is 584 g/mol. The van der Waals surface area contributed by atoms with Crippen LogP contribution in [0.25, 0.3) is 0 Å². The van der Waals surface area contributed by atoms with Gasteiger partial charge in [-0.15, -0.1) is 0 Å². The molecule has 0 saturated carbocycles. The molecular formula is C28H20N6O9. The summed E-state index contributed by atoms with van der Waals surface area (Å²) >= 11 is 0. The van der Waals surface area contributed by atoms with Crippen molar-refractivity contribution in [1.29, 1.82) is 0 Å². The first-order valence-corrected chi connectivity index (χ1v) is 12.2. The molecular weight excluding hydrogens is 564 g/mol. The fraction of sp³-hybridized carbons (Fsp3) is 0. The molecule has 43 heavy (non-hydrogen) atoms. The molecule has 0 unspecified atom stereocenters. The van der Waals surface area contributed by atoms with E-state index in [-0.39, 0.29) is 22.5 Å². The summed E-state index contributed by atoms with van der Waals surface area (Å²) in [7, 11) is 0. The number of nitro benzene ring substituents is 2. The number of ether oxygens (including phenoxy) is 1. The van der Waals surface area contributed by atoms with E-state index in [0.717, 1.165) is 24.3 Å². The number of carbonyl (C=O) groups excluding carboxylic acids is 4. The number of urea groups is 2. The van der Waals surface area contributed by atoms with Crippen molar-refractivity contribution in [3.05, 3.63) is 128 Å². The SMILES string of the molecule is O=C(NC(=O)c1ccccc1)Nc1cccc(Oc2cccc(NC(=O)NC(=O)c3ccccc3)c2[N+](=O)[O-])c1[N+](=O)[O-]. The Morgan fingerprint density at radius 1 is 0.535 bits per heavy atom. The van der Waals surface area contributed by atoms with Gasteiger partial charge in [0.1, 0.15) is 11.4 Å². The fourth-order valence-corrected chi connectivity index (χ4v) is 3.74. The molecule has 4 rings (SSSR count). The average molecular weight is 585 g/mol. The van der Waals surface area contributed by atoms with E-state index in [0.29, 0.717) is 0 Å². The molecule has 0 radical (unpaired) electrons. The van der Waals surface area contributed by atoms with Gasteiger partial charge in [0.25, 0.3) is 11.8 Å². The first-order chi connectivity index (χ1) is 20.6. The van der Waals surface area contributed by atoms with E-state index in [1.807, 2.05) is 10.6 Å². The van der Waals surface area contributed by atoms with Gasteiger partial charge in [0, 0.05) is 11.1 Å². The quantitative estimate of drug-likeness (QED) is 0.158. The molecule has 6 amide bonds. The lowest BCUT2D eigenvalue weighted by Crippen LogP contribution is -2.34. The molecule has 0 aromatic heterocycles. The molecule has 0 heterocycles. The maximum absolute atomic E-state index is 12.4. The molecule has 15 heteroatoms. The number of nitro groups is 2. The standard InChI is InChI=1S/C28H20N6O9/c35-25(17-9-3-1-4-10-17)31-27(37)29-19-13-7-15-21(23(19)33(39)40)43-22-16-8-14-20(24(22)34(41)42)30-28(38)32-26(36)18-11-5-2-6-12-18/h1-16H,(H2,29,31,35,37)(H2,30,32,36,38). The summed E-state index contributed by atoms with van der Waals surface area (Å²) in [6.45, 7) is 0. The van der Waals surface area contributed by atoms with Crippen LogP contribution in [0.1, 0.15) is 20.7 Å². The highest BCUT2D eigenvalue weighted by Gasteiger charge is 2.28. The van der Waals surface area contributed by atoms with Gasteiger partial charge in [0.15, 0.2) is 0 Å². The molecule has 4 N–H and O–H groups in total. The molecule has 0 aliphatic rings. The topological polar surface area (TPSA) is 212 Å². The van der Waals surface area contributed by atoms with E-state index in [4.69, 9.17) is 4.74 Å². The Balaban J connectivity index is 1.56. The Morgan fingerprint density at radius 2 is 0.907 bits per heavy atom. The van der Waals surface area contributed by atoms with Gasteiger partial charge in [0.05, 0.1) is 9.85 Å². The van der Waals surface area contributed by atoms with Crippen LogP contribution in [0.15, 0.2) is 97.1 Å². The Hall–Kier alpha value is -6.64. The number of anilines is 2. The molecule has 216 valence electrons. The zero-order valence-corrected chi connectivity index (χ0v) is 21.8. The Labute approximate surface area is 241 Å². The molecule has 4 aromatic rings. The minimum atomic E-state index is -1.08. The second-order valence-corrected chi connectivity index (χ2v) is 8.47. The normalized spacial score (nSPS) is 10.1. The van der Waals surface area contributed by atoms with Crippen LogP contribution in [0.2, 0.25) is 0 Å². The summed E-state index contributed by atoms with van der Waals surface area (Å²) < 4.78 is 5.55. The van der Waals surface area contributed by atoms with Crippen LogP contribution < -0.4 is 26.0 Å². The predicted octanol–water partition coefficient (Wildman–Crippen LogP) is 5.22. The number of benzene rings is 4. The maximum atomic E-state index is 12.4. The number of nitrogens with zero attached hydrogens (tertiary/aromatic N) is 2. The zero-order valence-electron chi connectivity index (χ0n) is 21.8. The third-order valence-electron chi connectivity index (χ3n) is 5.61. The lowest BCUT2D eigenvalue weighted by Gasteiger charge is -2.13. The van der Waals surface area contributed by atoms with Crippen LogP contribution in [0.5, 0.6) is 11.5 Å². The fourth-order valence-electron chi connectivity index (χ4n) is 3.74. The number of nitrogens with one attached hydrogen (secondary N) is 4. The Bertz CT molecular complexity index is 1600. The van der Waals surface area contributed by atoms with E-state index >= 15 is 0 Å². The minimum absolute atomic E-state index is 0.170. The molecule has 0 fully saturated rings. The maximum Gasteiger partial charge on any atom is 0.334 e. The van der Waals surface area contributed by atoms with Crippen LogP contribution in [-0.4, -0.2) is 33.7 Å². The van der Waals surface area contributed by atoms with Crippen molar-refractivity contribution < 1.29 is 33.8 Å². The molecule has 0 spiro atoms. The van der Waals surface area contributed by atoms with E-state index in [9.17, 15) is 39.4 Å². The molecule has 0 aliphatic carbocycles. The van der Waals surface area contributed by atoms with Gasteiger partial charge in [-0.2, -0.15) is 0 Å². The van der Waals surface area contributed by atoms with Crippen LogP contribution >= 0.6 is 0 Å². The van der Waals surface area contributed by atoms with Crippen LogP contribution in [-0.2, 0) is 0 Å². The molecule has 0 atom stereocenters. The van der Waals surface area contributed by atoms with Crippen LogP contribution in [0, 0.1) is 20.2 Å². The summed E-state index contributed by atoms with van der Waals surface area (Å²) in [6, 6.07) is 20.5. The first kappa shape index (κ1) is 29.3. The number of hydrogen-bond acceptors (Lipinski definition) is 9. The summed E-state index contributed by atoms with van der Waals surface area (Å²) in [6.07, 6.45) is 0. The molecule has 4 aromatic carbocycles. The van der Waals surface area contributed by atoms with E-state index in [1.54, 1.807) is 36.4 Å². The third-order valence-corrected chi connectivity index (χ3v) is 5.61. The van der Waals surface area contributed by atoms with Gasteiger partial charge in [-0.1, -0.05) is 48.5 Å². The van der Waals surface area contributed by atoms with E-state index in [1.165, 1.54) is 36.4 Å². The van der Waals surface area contributed by atoms with Gasteiger partial charge in [-0.3, -0.25) is 40.5 Å². The predicted molar refractivity (Wildman–Crippen MR) is 152 cm³/mol. The second kappa shape index (κ2) is 13.1. The number of amides is 6. The number of rotatable bonds is 8. The number of imide groups is 2. The number of para-hydroxylation sites is 2. The zero-order chi connectivity index (χ0) is 30.9. The number of carbonyl (C=O) groups is 4. The van der Waals surface area contributed by atoms with Crippen molar-refractivity contribution in [2.24, 2.45) is 0 Å². The summed E-state index contributed by atoms with van der Waals surface area (Å²) in [5, 5.41) is 32.4. The Morgan fingerprint density at radius 3 is 1.26 bits per heavy atom. The number of hydrogen-bond donors (Lipinski definition) is 4. The second-order valence-electron chi connectivity index (χ2n) is 8.47. The van der Waals surface area contributed by atoms with Gasteiger partial charge >= 0.3 is 23.4 Å². The molecule has 0 aliphatic heterocycles. The summed E-state index contributed by atoms with van der Waals surface area (Å²) in [4.78, 5) is 71.5. The van der Waals surface area contributed by atoms with E-state index < -0.39 is 56.6 Å². The highest BCUT2D eigenvalue weighted by molar-refractivity contribution is 6.09. The Kier molecular flexibility index (Phi) is 8.97. The van der Waals surface area contributed by atoms with Gasteiger partial charge in [-0.25, -0.2) is 9.59 Å². The minimum Gasteiger partial charge on any atom is -0.443 e. The molecule has 15 nitrogen and oxygen atoms in total. The summed E-state index contributed by atoms with van der Waals surface area (Å²) in [5.41, 5.74) is -1.97. The van der Waals surface area contributed by atoms with Crippen LogP contribution in [0.3, 0.4) is 0 Å². The lowest BCUT2D eigenvalue weighted by molar-refractivity contribution is -0.386. The van der Waals surface area contributed by atoms with Gasteiger partial charge in [0.2, 0.25) is 11.5 Å². The van der Waals surface area contributed by atoms with Crippen molar-refractivity contribution in [2.45, 2.75) is 0 Å². The van der Waals surface area contributed by atoms with Crippen molar-refractivity contribution in [2.75, 3.05) is 10.6 Å². The molecule has 0 bridgehead atoms. The average Bonchev–Trinajstić information content (AvgIpc) is 2.97. The highest BCUT2D eigenvalue weighted by Crippen LogP contribution is 2.42.